The molecule has 0 spiro atoms. The molecule has 1 aliphatic heterocycles. The van der Waals surface area contributed by atoms with Crippen molar-refractivity contribution in [1.29, 1.82) is 0 Å². The van der Waals surface area contributed by atoms with E-state index in [-0.39, 0.29) is 5.91 Å². The summed E-state index contributed by atoms with van der Waals surface area (Å²) in [6.07, 6.45) is 3.51. The quantitative estimate of drug-likeness (QED) is 0.373. The second kappa shape index (κ2) is 8.54. The summed E-state index contributed by atoms with van der Waals surface area (Å²) in [7, 11) is 0. The molecule has 1 amide bonds. The molecule has 0 atom stereocenters. The first-order valence-electron chi connectivity index (χ1n) is 7.90. The van der Waals surface area contributed by atoms with Gasteiger partial charge in [0.05, 0.1) is 4.91 Å². The van der Waals surface area contributed by atoms with Crippen molar-refractivity contribution < 1.29 is 9.53 Å². The molecule has 2 aromatic rings. The summed E-state index contributed by atoms with van der Waals surface area (Å²) in [5.74, 6) is 0.680. The first kappa shape index (κ1) is 18.7. The van der Waals surface area contributed by atoms with Gasteiger partial charge in [-0.05, 0) is 41.5 Å². The van der Waals surface area contributed by atoms with Gasteiger partial charge in [-0.25, -0.2) is 0 Å². The number of carbonyl (C=O) groups is 1. The van der Waals surface area contributed by atoms with Gasteiger partial charge in [0.1, 0.15) is 16.7 Å². The molecule has 132 valence electrons. The first-order valence-corrected chi connectivity index (χ1v) is 9.50. The van der Waals surface area contributed by atoms with E-state index in [4.69, 9.17) is 28.6 Å². The van der Waals surface area contributed by atoms with Gasteiger partial charge in [0, 0.05) is 11.6 Å². The Morgan fingerprint density at radius 1 is 1.15 bits per heavy atom. The lowest BCUT2D eigenvalue weighted by atomic mass is 10.2. The zero-order chi connectivity index (χ0) is 18.5. The molecular weight excluding hydrogens is 386 g/mol. The molecule has 1 fully saturated rings. The average Bonchev–Trinajstić information content (AvgIpc) is 2.90. The van der Waals surface area contributed by atoms with Crippen LogP contribution in [-0.4, -0.2) is 21.7 Å². The van der Waals surface area contributed by atoms with E-state index >= 15 is 0 Å². The Morgan fingerprint density at radius 3 is 2.50 bits per heavy atom. The number of thioether (sulfide) groups is 1. The van der Waals surface area contributed by atoms with Crippen LogP contribution in [0.1, 0.15) is 11.1 Å². The molecule has 1 saturated heterocycles. The molecule has 2 aromatic carbocycles. The maximum absolute atomic E-state index is 12.3. The van der Waals surface area contributed by atoms with Crippen LogP contribution in [-0.2, 0) is 11.4 Å². The molecule has 0 aromatic heterocycles. The number of carbonyl (C=O) groups excluding carboxylic acids is 1. The van der Waals surface area contributed by atoms with Crippen LogP contribution in [0.5, 0.6) is 5.75 Å². The minimum Gasteiger partial charge on any atom is -0.489 e. The van der Waals surface area contributed by atoms with Crippen LogP contribution in [0.2, 0.25) is 5.02 Å². The minimum atomic E-state index is -0.0806. The summed E-state index contributed by atoms with van der Waals surface area (Å²) in [6.45, 7) is 4.55. The summed E-state index contributed by atoms with van der Waals surface area (Å²) in [5, 5.41) is 0.705. The standard InChI is InChI=1S/C20H16ClNO2S2/c1-2-11-22-19(23)18(26-20(22)25)12-14-5-9-17(10-6-14)24-13-15-3-7-16(21)8-4-15/h2-10,12H,1,11,13H2/b18-12-. The van der Waals surface area contributed by atoms with Gasteiger partial charge in [-0.1, -0.05) is 65.9 Å². The van der Waals surface area contributed by atoms with Crippen LogP contribution in [0.3, 0.4) is 0 Å². The molecule has 0 saturated carbocycles. The highest BCUT2D eigenvalue weighted by atomic mass is 35.5. The van der Waals surface area contributed by atoms with Crippen LogP contribution in [0.25, 0.3) is 6.08 Å². The molecule has 3 nitrogen and oxygen atoms in total. The summed E-state index contributed by atoms with van der Waals surface area (Å²) in [4.78, 5) is 14.5. The van der Waals surface area contributed by atoms with Crippen LogP contribution in [0.4, 0.5) is 0 Å². The third-order valence-electron chi connectivity index (χ3n) is 3.68. The number of halogens is 1. The normalized spacial score (nSPS) is 15.6. The van der Waals surface area contributed by atoms with E-state index in [9.17, 15) is 4.79 Å². The van der Waals surface area contributed by atoms with Crippen molar-refractivity contribution >= 4 is 51.9 Å². The number of rotatable bonds is 6. The molecule has 3 rings (SSSR count). The van der Waals surface area contributed by atoms with Gasteiger partial charge < -0.3 is 4.74 Å². The highest BCUT2D eigenvalue weighted by Crippen LogP contribution is 2.32. The number of hydrogen-bond acceptors (Lipinski definition) is 4. The Hall–Kier alpha value is -2.08. The number of benzene rings is 2. The van der Waals surface area contributed by atoms with Crippen molar-refractivity contribution in [3.8, 4) is 5.75 Å². The van der Waals surface area contributed by atoms with E-state index in [1.807, 2.05) is 54.6 Å². The Bertz CT molecular complexity index is 860. The molecule has 0 radical (unpaired) electrons. The molecule has 0 N–H and O–H groups in total. The average molecular weight is 402 g/mol. The number of amides is 1. The van der Waals surface area contributed by atoms with Crippen molar-refractivity contribution in [3.63, 3.8) is 0 Å². The van der Waals surface area contributed by atoms with E-state index in [0.29, 0.717) is 27.4 Å². The van der Waals surface area contributed by atoms with Gasteiger partial charge in [-0.2, -0.15) is 0 Å². The van der Waals surface area contributed by atoms with Crippen LogP contribution in [0, 0.1) is 0 Å². The topological polar surface area (TPSA) is 29.5 Å². The Labute approximate surface area is 167 Å². The molecule has 1 aliphatic rings. The van der Waals surface area contributed by atoms with Crippen molar-refractivity contribution in [2.45, 2.75) is 6.61 Å². The predicted octanol–water partition coefficient (Wildman–Crippen LogP) is 5.31. The molecule has 26 heavy (non-hydrogen) atoms. The Balaban J connectivity index is 1.64. The van der Waals surface area contributed by atoms with Crippen molar-refractivity contribution in [2.24, 2.45) is 0 Å². The highest BCUT2D eigenvalue weighted by molar-refractivity contribution is 8.26. The molecule has 1 heterocycles. The zero-order valence-corrected chi connectivity index (χ0v) is 16.2. The van der Waals surface area contributed by atoms with E-state index in [0.717, 1.165) is 16.9 Å². The van der Waals surface area contributed by atoms with E-state index < -0.39 is 0 Å². The predicted molar refractivity (Wildman–Crippen MR) is 112 cm³/mol. The third-order valence-corrected chi connectivity index (χ3v) is 5.31. The lowest BCUT2D eigenvalue weighted by molar-refractivity contribution is -0.121. The fourth-order valence-electron chi connectivity index (χ4n) is 2.35. The highest BCUT2D eigenvalue weighted by Gasteiger charge is 2.30. The van der Waals surface area contributed by atoms with Crippen LogP contribution >= 0.6 is 35.6 Å². The zero-order valence-electron chi connectivity index (χ0n) is 13.9. The summed E-state index contributed by atoms with van der Waals surface area (Å²) < 4.78 is 6.33. The summed E-state index contributed by atoms with van der Waals surface area (Å²) in [6, 6.07) is 15.1. The Morgan fingerprint density at radius 2 is 1.85 bits per heavy atom. The van der Waals surface area contributed by atoms with Gasteiger partial charge in [0.15, 0.2) is 0 Å². The van der Waals surface area contributed by atoms with Crippen molar-refractivity contribution in [3.05, 3.63) is 82.2 Å². The second-order valence-electron chi connectivity index (χ2n) is 5.57. The smallest absolute Gasteiger partial charge is 0.266 e. The summed E-state index contributed by atoms with van der Waals surface area (Å²) in [5.41, 5.74) is 1.97. The maximum atomic E-state index is 12.3. The molecular formula is C20H16ClNO2S2. The van der Waals surface area contributed by atoms with E-state index in [1.165, 1.54) is 11.8 Å². The van der Waals surface area contributed by atoms with Crippen LogP contribution in [0.15, 0.2) is 66.1 Å². The summed E-state index contributed by atoms with van der Waals surface area (Å²) >= 11 is 12.4. The fraction of sp³-hybridized carbons (Fsp3) is 0.100. The SMILES string of the molecule is C=CCN1C(=O)/C(=C/c2ccc(OCc3ccc(Cl)cc3)cc2)SC1=S. The van der Waals surface area contributed by atoms with E-state index in [1.54, 1.807) is 11.0 Å². The van der Waals surface area contributed by atoms with Crippen LogP contribution < -0.4 is 4.74 Å². The van der Waals surface area contributed by atoms with Gasteiger partial charge in [0.25, 0.3) is 5.91 Å². The minimum absolute atomic E-state index is 0.0806. The number of thiocarbonyl (C=S) groups is 1. The lowest BCUT2D eigenvalue weighted by Gasteiger charge is -2.10. The third kappa shape index (κ3) is 4.55. The first-order chi connectivity index (χ1) is 12.6. The fourth-order valence-corrected chi connectivity index (χ4v) is 3.75. The van der Waals surface area contributed by atoms with Gasteiger partial charge in [-0.3, -0.25) is 9.69 Å². The van der Waals surface area contributed by atoms with Crippen molar-refractivity contribution in [1.82, 2.24) is 4.90 Å². The van der Waals surface area contributed by atoms with Gasteiger partial charge in [0.2, 0.25) is 0 Å². The van der Waals surface area contributed by atoms with E-state index in [2.05, 4.69) is 6.58 Å². The maximum Gasteiger partial charge on any atom is 0.266 e. The molecule has 0 aliphatic carbocycles. The monoisotopic (exact) mass is 401 g/mol. The Kier molecular flexibility index (Phi) is 6.14. The van der Waals surface area contributed by atoms with Crippen molar-refractivity contribution in [2.75, 3.05) is 6.54 Å². The number of nitrogens with zero attached hydrogens (tertiary/aromatic N) is 1. The molecule has 0 bridgehead atoms. The molecule has 0 unspecified atom stereocenters. The largest absolute Gasteiger partial charge is 0.489 e. The lowest BCUT2D eigenvalue weighted by Crippen LogP contribution is -2.27. The molecule has 6 heteroatoms. The van der Waals surface area contributed by atoms with Gasteiger partial charge >= 0.3 is 0 Å². The van der Waals surface area contributed by atoms with Gasteiger partial charge in [-0.15, -0.1) is 6.58 Å². The number of hydrogen-bond donors (Lipinski definition) is 0. The number of ether oxygens (including phenoxy) is 1. The second-order valence-corrected chi connectivity index (χ2v) is 7.68.